The van der Waals surface area contributed by atoms with Crippen molar-refractivity contribution in [3.05, 3.63) is 23.8 Å². The van der Waals surface area contributed by atoms with Gasteiger partial charge in [-0.3, -0.25) is 5.32 Å². The highest BCUT2D eigenvalue weighted by Crippen LogP contribution is 2.25. The molecule has 0 bridgehead atoms. The monoisotopic (exact) mass is 364 g/mol. The molecule has 6 nitrogen and oxygen atoms in total. The molecule has 6 heteroatoms. The highest BCUT2D eigenvalue weighted by Gasteiger charge is 2.31. The van der Waals surface area contributed by atoms with E-state index in [1.165, 1.54) is 11.3 Å². The highest BCUT2D eigenvalue weighted by molar-refractivity contribution is 5.69. The van der Waals surface area contributed by atoms with Crippen molar-refractivity contribution in [3.63, 3.8) is 0 Å². The van der Waals surface area contributed by atoms with Gasteiger partial charge in [0.25, 0.3) is 0 Å². The van der Waals surface area contributed by atoms with Crippen molar-refractivity contribution < 1.29 is 20.0 Å². The maximum atomic E-state index is 12.4. The molecule has 1 fully saturated rings. The fraction of sp³-hybridized carbons (Fsp3) is 0.650. The molecule has 1 aliphatic rings. The molecule has 0 spiro atoms. The summed E-state index contributed by atoms with van der Waals surface area (Å²) in [4.78, 5) is 16.5. The number of nitrogens with two attached hydrogens (primary N) is 1. The van der Waals surface area contributed by atoms with Crippen LogP contribution in [-0.4, -0.2) is 54.1 Å². The first kappa shape index (κ1) is 20.5. The second-order valence-corrected chi connectivity index (χ2v) is 7.99. The predicted octanol–water partition coefficient (Wildman–Crippen LogP) is 2.23. The molecule has 1 heterocycles. The normalized spacial score (nSPS) is 18.2. The average molecular weight is 365 g/mol. The number of aliphatic hydroxyl groups excluding tert-OH is 1. The second kappa shape index (κ2) is 8.73. The van der Waals surface area contributed by atoms with E-state index in [1.54, 1.807) is 0 Å². The summed E-state index contributed by atoms with van der Waals surface area (Å²) in [7, 11) is 0. The minimum Gasteiger partial charge on any atom is -0.444 e. The molecule has 1 amide bonds. The third kappa shape index (κ3) is 5.35. The van der Waals surface area contributed by atoms with E-state index >= 15 is 0 Å². The number of hydrogen-bond donors (Lipinski definition) is 2. The number of hydrogen-bond acceptors (Lipinski definition) is 4. The van der Waals surface area contributed by atoms with E-state index in [4.69, 9.17) is 4.74 Å². The van der Waals surface area contributed by atoms with Gasteiger partial charge in [-0.25, -0.2) is 4.79 Å². The zero-order valence-electron chi connectivity index (χ0n) is 16.8. The molecule has 0 unspecified atom stereocenters. The van der Waals surface area contributed by atoms with Crippen molar-refractivity contribution in [3.8, 4) is 0 Å². The third-order valence-electron chi connectivity index (χ3n) is 4.58. The van der Waals surface area contributed by atoms with E-state index in [0.717, 1.165) is 31.6 Å². The van der Waals surface area contributed by atoms with Crippen LogP contribution in [0.5, 0.6) is 0 Å². The summed E-state index contributed by atoms with van der Waals surface area (Å²) >= 11 is 0. The lowest BCUT2D eigenvalue weighted by Crippen LogP contribution is -2.78. The van der Waals surface area contributed by atoms with Crippen molar-refractivity contribution in [1.82, 2.24) is 4.90 Å². The minimum absolute atomic E-state index is 0.0572. The van der Waals surface area contributed by atoms with Gasteiger partial charge in [0.1, 0.15) is 11.3 Å². The molecule has 2 rings (SSSR count). The van der Waals surface area contributed by atoms with Gasteiger partial charge in [-0.2, -0.15) is 0 Å². The lowest BCUT2D eigenvalue weighted by molar-refractivity contribution is -0.607. The summed E-state index contributed by atoms with van der Waals surface area (Å²) < 4.78 is 5.52. The van der Waals surface area contributed by atoms with E-state index in [1.807, 2.05) is 31.0 Å². The zero-order valence-corrected chi connectivity index (χ0v) is 16.8. The lowest BCUT2D eigenvalue weighted by Gasteiger charge is -2.41. The number of quaternary nitrogens is 1. The first-order valence-electron chi connectivity index (χ1n) is 9.56. The summed E-state index contributed by atoms with van der Waals surface area (Å²) in [6.07, 6.45) is 1.83. The van der Waals surface area contributed by atoms with Crippen LogP contribution in [0.15, 0.2) is 18.2 Å². The maximum absolute atomic E-state index is 12.4. The van der Waals surface area contributed by atoms with Gasteiger partial charge < -0.3 is 19.6 Å². The second-order valence-electron chi connectivity index (χ2n) is 7.99. The van der Waals surface area contributed by atoms with E-state index in [-0.39, 0.29) is 18.9 Å². The number of rotatable bonds is 5. The van der Waals surface area contributed by atoms with Crippen LogP contribution in [0, 0.1) is 0 Å². The molecule has 0 aromatic heterocycles. The Morgan fingerprint density at radius 2 is 2.08 bits per heavy atom. The number of aryl methyl sites for hydroxylation is 1. The van der Waals surface area contributed by atoms with Crippen LogP contribution in [0.25, 0.3) is 0 Å². The Balaban J connectivity index is 2.08. The number of aliphatic hydroxyl groups is 1. The summed E-state index contributed by atoms with van der Waals surface area (Å²) in [5.41, 5.74) is 3.08. The summed E-state index contributed by atoms with van der Waals surface area (Å²) in [6, 6.07) is 6.51. The number of nitrogens with zero attached hydrogens (tertiary/aromatic N) is 2. The molecule has 26 heavy (non-hydrogen) atoms. The van der Waals surface area contributed by atoms with Crippen LogP contribution >= 0.6 is 0 Å². The molecule has 1 aliphatic heterocycles. The van der Waals surface area contributed by atoms with Gasteiger partial charge >= 0.3 is 6.09 Å². The van der Waals surface area contributed by atoms with E-state index in [0.29, 0.717) is 6.54 Å². The average Bonchev–Trinajstić information content (AvgIpc) is 2.55. The summed E-state index contributed by atoms with van der Waals surface area (Å²) in [5.74, 6) is 0. The fourth-order valence-electron chi connectivity index (χ4n) is 3.36. The number of piperazine rings is 1. The lowest BCUT2D eigenvalue weighted by atomic mass is 10.1. The Morgan fingerprint density at radius 1 is 1.35 bits per heavy atom. The number of carbonyl (C=O) groups excluding carboxylic acids is 1. The van der Waals surface area contributed by atoms with Gasteiger partial charge in [0.15, 0.2) is 6.73 Å². The standard InChI is InChI=1S/C20H33N3O3/c1-6-7-16-12-17(8-9-18(16)21-14-24)22-10-11-23(15(2)13-22)19(25)26-20(3,4)5/h8-9,12,15,21,24H,6-7,10-11,13-14H2,1-5H3/p+1/t15-/m1/s1. The first-order chi connectivity index (χ1) is 12.2. The molecule has 0 radical (unpaired) electrons. The molecular formula is C20H34N3O3+. The van der Waals surface area contributed by atoms with Crippen molar-refractivity contribution in [2.45, 2.75) is 59.1 Å². The zero-order chi connectivity index (χ0) is 19.3. The van der Waals surface area contributed by atoms with Crippen molar-refractivity contribution in [2.75, 3.05) is 31.3 Å². The van der Waals surface area contributed by atoms with Crippen molar-refractivity contribution in [1.29, 1.82) is 0 Å². The minimum atomic E-state index is -0.470. The van der Waals surface area contributed by atoms with Gasteiger partial charge in [0.05, 0.1) is 0 Å². The Bertz CT molecular complexity index is 613. The van der Waals surface area contributed by atoms with Gasteiger partial charge in [-0.05, 0) is 46.2 Å². The van der Waals surface area contributed by atoms with Crippen LogP contribution in [0.4, 0.5) is 16.2 Å². The molecular weight excluding hydrogens is 330 g/mol. The molecule has 3 N–H and O–H groups in total. The number of carbonyl (C=O) groups is 1. The Hall–Kier alpha value is -1.79. The number of anilines is 1. The number of amides is 1. The number of benzene rings is 1. The topological polar surface area (TPSA) is 69.6 Å². The Labute approximate surface area is 157 Å². The van der Waals surface area contributed by atoms with Crippen LogP contribution < -0.4 is 10.2 Å². The van der Waals surface area contributed by atoms with Crippen molar-refractivity contribution >= 4 is 17.5 Å². The molecule has 0 aliphatic carbocycles. The molecule has 1 saturated heterocycles. The smallest absolute Gasteiger partial charge is 0.410 e. The summed E-state index contributed by atoms with van der Waals surface area (Å²) in [5, 5.41) is 11.1. The number of ether oxygens (including phenoxy) is 1. The largest absolute Gasteiger partial charge is 0.444 e. The molecule has 1 aromatic rings. The Kier molecular flexibility index (Phi) is 6.89. The van der Waals surface area contributed by atoms with Crippen LogP contribution in [0.1, 0.15) is 46.6 Å². The Morgan fingerprint density at radius 3 is 2.65 bits per heavy atom. The van der Waals surface area contributed by atoms with Crippen LogP contribution in [0.2, 0.25) is 0 Å². The molecule has 1 aromatic carbocycles. The first-order valence-corrected chi connectivity index (χ1v) is 9.56. The molecule has 146 valence electrons. The van der Waals surface area contributed by atoms with Crippen molar-refractivity contribution in [2.24, 2.45) is 0 Å². The van der Waals surface area contributed by atoms with Gasteiger partial charge in [-0.1, -0.05) is 13.3 Å². The molecule has 0 saturated carbocycles. The third-order valence-corrected chi connectivity index (χ3v) is 4.58. The quantitative estimate of drug-likeness (QED) is 0.621. The van der Waals surface area contributed by atoms with E-state index < -0.39 is 5.60 Å². The maximum Gasteiger partial charge on any atom is 0.410 e. The van der Waals surface area contributed by atoms with E-state index in [2.05, 4.69) is 36.9 Å². The molecule has 1 atom stereocenters. The van der Waals surface area contributed by atoms with E-state index in [9.17, 15) is 9.90 Å². The van der Waals surface area contributed by atoms with Gasteiger partial charge in [0, 0.05) is 43.0 Å². The summed E-state index contributed by atoms with van der Waals surface area (Å²) in [6.45, 7) is 12.2. The van der Waals surface area contributed by atoms with Gasteiger partial charge in [0.2, 0.25) is 0 Å². The SMILES string of the molecule is CCCc1cc(N2CCN(C(=O)OC(C)(C)C)[C@H](C)C2)ccc1[NH2+]CO. The van der Waals surface area contributed by atoms with Crippen LogP contribution in [-0.2, 0) is 11.2 Å². The highest BCUT2D eigenvalue weighted by atomic mass is 16.6. The predicted molar refractivity (Wildman–Crippen MR) is 104 cm³/mol. The van der Waals surface area contributed by atoms with Crippen LogP contribution in [0.3, 0.4) is 0 Å². The fourth-order valence-corrected chi connectivity index (χ4v) is 3.36. The van der Waals surface area contributed by atoms with Gasteiger partial charge in [-0.15, -0.1) is 0 Å².